The van der Waals surface area contributed by atoms with Gasteiger partial charge in [-0.15, -0.1) is 0 Å². The number of hydrogen-bond donors (Lipinski definition) is 1. The average molecular weight is 431 g/mol. The van der Waals surface area contributed by atoms with Crippen LogP contribution in [0.25, 0.3) is 27.7 Å². The molecule has 1 aliphatic rings. The number of aliphatic imine (C=N–C) groups is 1. The number of aliphatic carboxylic acids is 1. The SMILES string of the molecule is O=C(O)Cn1cc(-c2cnc3ccc(C4=CCN=C4c4ccc(F)c(F)c4)nc3c2)cn1. The molecule has 158 valence electrons. The van der Waals surface area contributed by atoms with Crippen LogP contribution in [0.4, 0.5) is 8.78 Å². The van der Waals surface area contributed by atoms with E-state index in [4.69, 9.17) is 10.1 Å². The number of fused-ring (bicyclic) bond motifs is 1. The molecule has 0 saturated heterocycles. The molecule has 0 saturated carbocycles. The molecule has 0 aliphatic carbocycles. The predicted molar refractivity (Wildman–Crippen MR) is 114 cm³/mol. The Labute approximate surface area is 180 Å². The zero-order chi connectivity index (χ0) is 22.2. The van der Waals surface area contributed by atoms with Gasteiger partial charge in [0.1, 0.15) is 6.54 Å². The summed E-state index contributed by atoms with van der Waals surface area (Å²) in [4.78, 5) is 24.5. The van der Waals surface area contributed by atoms with E-state index < -0.39 is 17.6 Å². The second-order valence-corrected chi connectivity index (χ2v) is 7.22. The van der Waals surface area contributed by atoms with Crippen LogP contribution >= 0.6 is 0 Å². The normalized spacial score (nSPS) is 13.3. The van der Waals surface area contributed by atoms with Gasteiger partial charge in [-0.25, -0.2) is 13.8 Å². The molecular formula is C23H15F2N5O2. The first-order chi connectivity index (χ1) is 15.5. The summed E-state index contributed by atoms with van der Waals surface area (Å²) in [5.74, 6) is -2.82. The third-order valence-corrected chi connectivity index (χ3v) is 5.07. The van der Waals surface area contributed by atoms with Gasteiger partial charge in [0.25, 0.3) is 0 Å². The van der Waals surface area contributed by atoms with E-state index in [1.54, 1.807) is 18.6 Å². The van der Waals surface area contributed by atoms with E-state index in [9.17, 15) is 13.6 Å². The van der Waals surface area contributed by atoms with Crippen molar-refractivity contribution in [3.8, 4) is 11.1 Å². The predicted octanol–water partition coefficient (Wildman–Crippen LogP) is 3.74. The molecule has 9 heteroatoms. The summed E-state index contributed by atoms with van der Waals surface area (Å²) in [6, 6.07) is 9.19. The van der Waals surface area contributed by atoms with Crippen LogP contribution in [0.5, 0.6) is 0 Å². The van der Waals surface area contributed by atoms with Gasteiger partial charge in [-0.1, -0.05) is 6.08 Å². The van der Waals surface area contributed by atoms with Crippen molar-refractivity contribution in [2.24, 2.45) is 4.99 Å². The molecule has 0 atom stereocenters. The molecular weight excluding hydrogens is 416 g/mol. The van der Waals surface area contributed by atoms with Crippen molar-refractivity contribution in [2.75, 3.05) is 6.54 Å². The minimum absolute atomic E-state index is 0.232. The fraction of sp³-hybridized carbons (Fsp3) is 0.0870. The number of halogens is 2. The van der Waals surface area contributed by atoms with Crippen LogP contribution in [0.2, 0.25) is 0 Å². The van der Waals surface area contributed by atoms with E-state index in [-0.39, 0.29) is 6.54 Å². The third-order valence-electron chi connectivity index (χ3n) is 5.07. The van der Waals surface area contributed by atoms with Gasteiger partial charge in [-0.05, 0) is 36.4 Å². The molecule has 1 N–H and O–H groups in total. The maximum absolute atomic E-state index is 13.7. The highest BCUT2D eigenvalue weighted by Gasteiger charge is 2.19. The van der Waals surface area contributed by atoms with Crippen molar-refractivity contribution >= 4 is 28.3 Å². The highest BCUT2D eigenvalue weighted by atomic mass is 19.2. The lowest BCUT2D eigenvalue weighted by molar-refractivity contribution is -0.137. The van der Waals surface area contributed by atoms with E-state index in [0.29, 0.717) is 34.5 Å². The van der Waals surface area contributed by atoms with E-state index in [1.165, 1.54) is 10.7 Å². The van der Waals surface area contributed by atoms with Crippen LogP contribution < -0.4 is 0 Å². The first-order valence-corrected chi connectivity index (χ1v) is 9.70. The van der Waals surface area contributed by atoms with Gasteiger partial charge in [0.15, 0.2) is 11.6 Å². The van der Waals surface area contributed by atoms with Crippen LogP contribution in [0, 0.1) is 11.6 Å². The Balaban J connectivity index is 1.50. The molecule has 4 aromatic rings. The zero-order valence-electron chi connectivity index (χ0n) is 16.5. The van der Waals surface area contributed by atoms with E-state index in [2.05, 4.69) is 15.1 Å². The Morgan fingerprint density at radius 2 is 1.88 bits per heavy atom. The summed E-state index contributed by atoms with van der Waals surface area (Å²) in [6.07, 6.45) is 6.77. The summed E-state index contributed by atoms with van der Waals surface area (Å²) in [5.41, 5.74) is 5.17. The topological polar surface area (TPSA) is 93.3 Å². The van der Waals surface area contributed by atoms with E-state index in [1.807, 2.05) is 24.3 Å². The molecule has 0 spiro atoms. The molecule has 1 aliphatic heterocycles. The number of carbonyl (C=O) groups is 1. The molecule has 0 amide bonds. The molecule has 4 heterocycles. The fourth-order valence-electron chi connectivity index (χ4n) is 3.58. The largest absolute Gasteiger partial charge is 0.480 e. The lowest BCUT2D eigenvalue weighted by Gasteiger charge is -2.09. The number of aromatic nitrogens is 4. The number of carboxylic acids is 1. The first kappa shape index (κ1) is 19.7. The number of rotatable bonds is 5. The lowest BCUT2D eigenvalue weighted by atomic mass is 10.00. The Morgan fingerprint density at radius 3 is 2.69 bits per heavy atom. The fourth-order valence-corrected chi connectivity index (χ4v) is 3.58. The number of benzene rings is 1. The molecule has 0 unspecified atom stereocenters. The molecule has 1 aromatic carbocycles. The highest BCUT2D eigenvalue weighted by Crippen LogP contribution is 2.27. The van der Waals surface area contributed by atoms with E-state index >= 15 is 0 Å². The smallest absolute Gasteiger partial charge is 0.325 e. The second-order valence-electron chi connectivity index (χ2n) is 7.22. The van der Waals surface area contributed by atoms with Gasteiger partial charge in [0.05, 0.1) is 35.2 Å². The zero-order valence-corrected chi connectivity index (χ0v) is 16.5. The van der Waals surface area contributed by atoms with Crippen LogP contribution in [-0.4, -0.2) is 43.1 Å². The third kappa shape index (κ3) is 3.64. The maximum atomic E-state index is 13.7. The quantitative estimate of drug-likeness (QED) is 0.520. The van der Waals surface area contributed by atoms with Crippen molar-refractivity contribution in [1.29, 1.82) is 0 Å². The van der Waals surface area contributed by atoms with E-state index in [0.717, 1.165) is 28.8 Å². The average Bonchev–Trinajstić information content (AvgIpc) is 3.44. The molecule has 0 bridgehead atoms. The van der Waals surface area contributed by atoms with Gasteiger partial charge < -0.3 is 5.11 Å². The Kier molecular flexibility index (Phi) is 4.78. The second kappa shape index (κ2) is 7.77. The maximum Gasteiger partial charge on any atom is 0.325 e. The molecule has 5 rings (SSSR count). The van der Waals surface area contributed by atoms with Gasteiger partial charge >= 0.3 is 5.97 Å². The first-order valence-electron chi connectivity index (χ1n) is 9.70. The van der Waals surface area contributed by atoms with Crippen LogP contribution in [-0.2, 0) is 11.3 Å². The molecule has 0 radical (unpaired) electrons. The van der Waals surface area contributed by atoms with Gasteiger partial charge in [0, 0.05) is 34.7 Å². The van der Waals surface area contributed by atoms with Crippen molar-refractivity contribution in [3.63, 3.8) is 0 Å². The van der Waals surface area contributed by atoms with Crippen molar-refractivity contribution in [1.82, 2.24) is 19.7 Å². The Hall–Kier alpha value is -4.27. The van der Waals surface area contributed by atoms with Gasteiger partial charge in [-0.3, -0.25) is 19.5 Å². The summed E-state index contributed by atoms with van der Waals surface area (Å²) in [7, 11) is 0. The lowest BCUT2D eigenvalue weighted by Crippen LogP contribution is -2.08. The number of carboxylic acid groups (broad SMARTS) is 1. The van der Waals surface area contributed by atoms with Gasteiger partial charge in [-0.2, -0.15) is 5.10 Å². The summed E-state index contributed by atoms with van der Waals surface area (Å²) in [6.45, 7) is 0.189. The van der Waals surface area contributed by atoms with Crippen LogP contribution in [0.1, 0.15) is 11.3 Å². The van der Waals surface area contributed by atoms with Crippen LogP contribution in [0.3, 0.4) is 0 Å². The van der Waals surface area contributed by atoms with Crippen molar-refractivity contribution in [3.05, 3.63) is 84.0 Å². The number of allylic oxidation sites excluding steroid dienone is 1. The molecule has 32 heavy (non-hydrogen) atoms. The highest BCUT2D eigenvalue weighted by molar-refractivity contribution is 6.32. The Bertz CT molecular complexity index is 1440. The molecule has 3 aromatic heterocycles. The summed E-state index contributed by atoms with van der Waals surface area (Å²) >= 11 is 0. The van der Waals surface area contributed by atoms with Gasteiger partial charge in [0.2, 0.25) is 0 Å². The standard InChI is InChI=1S/C23H15F2N5O2/c24-17-2-1-13(7-18(17)25)23-16(5-6-26-23)19-3-4-20-21(29-19)8-14(9-27-20)15-10-28-30(11-15)12-22(31)32/h1-5,7-11H,6,12H2,(H,31,32). The summed E-state index contributed by atoms with van der Waals surface area (Å²) < 4.78 is 28.4. The van der Waals surface area contributed by atoms with Crippen molar-refractivity contribution < 1.29 is 18.7 Å². The number of pyridine rings is 2. The monoisotopic (exact) mass is 431 g/mol. The molecule has 0 fully saturated rings. The van der Waals surface area contributed by atoms with Crippen molar-refractivity contribution in [2.45, 2.75) is 6.54 Å². The molecule has 7 nitrogen and oxygen atoms in total. The minimum atomic E-state index is -0.981. The Morgan fingerprint density at radius 1 is 1.00 bits per heavy atom. The number of nitrogens with zero attached hydrogens (tertiary/aromatic N) is 5. The number of hydrogen-bond acceptors (Lipinski definition) is 5. The summed E-state index contributed by atoms with van der Waals surface area (Å²) in [5, 5.41) is 13.0. The minimum Gasteiger partial charge on any atom is -0.480 e. The van der Waals surface area contributed by atoms with Crippen LogP contribution in [0.15, 0.2) is 66.1 Å².